The van der Waals surface area contributed by atoms with Crippen LogP contribution in [0, 0.1) is 5.82 Å². The van der Waals surface area contributed by atoms with Crippen molar-refractivity contribution in [2.75, 3.05) is 26.5 Å². The Morgan fingerprint density at radius 2 is 2.00 bits per heavy atom. The standard InChI is InChI=1S/C14H19FN2O4S/c1-21-11-3-4-12(13(15)9-11)14(18)16-10-5-7-17(8-6-10)22(2,19)20/h3-4,9-10H,5-8H2,1-2H3,(H,16,18). The lowest BCUT2D eigenvalue weighted by atomic mass is 10.1. The van der Waals surface area contributed by atoms with E-state index in [-0.39, 0.29) is 11.6 Å². The molecule has 1 amide bonds. The summed E-state index contributed by atoms with van der Waals surface area (Å²) in [5, 5.41) is 2.74. The number of amides is 1. The number of piperidine rings is 1. The highest BCUT2D eigenvalue weighted by Crippen LogP contribution is 2.18. The van der Waals surface area contributed by atoms with E-state index in [4.69, 9.17) is 4.74 Å². The van der Waals surface area contributed by atoms with Crippen molar-refractivity contribution in [2.24, 2.45) is 0 Å². The predicted molar refractivity (Wildman–Crippen MR) is 79.9 cm³/mol. The van der Waals surface area contributed by atoms with Crippen molar-refractivity contribution in [1.29, 1.82) is 0 Å². The third-order valence-corrected chi connectivity index (χ3v) is 4.98. The Bertz CT molecular complexity index is 655. The van der Waals surface area contributed by atoms with Gasteiger partial charge in [-0.25, -0.2) is 17.1 Å². The lowest BCUT2D eigenvalue weighted by Gasteiger charge is -2.30. The summed E-state index contributed by atoms with van der Waals surface area (Å²) in [6.45, 7) is 0.712. The van der Waals surface area contributed by atoms with Crippen molar-refractivity contribution < 1.29 is 22.3 Å². The van der Waals surface area contributed by atoms with Gasteiger partial charge in [-0.15, -0.1) is 0 Å². The van der Waals surface area contributed by atoms with Gasteiger partial charge >= 0.3 is 0 Å². The van der Waals surface area contributed by atoms with Gasteiger partial charge in [-0.3, -0.25) is 4.79 Å². The number of rotatable bonds is 4. The van der Waals surface area contributed by atoms with Crippen LogP contribution >= 0.6 is 0 Å². The van der Waals surface area contributed by atoms with Crippen LogP contribution in [0.3, 0.4) is 0 Å². The number of sulfonamides is 1. The molecule has 1 aliphatic rings. The van der Waals surface area contributed by atoms with E-state index in [1.165, 1.54) is 29.8 Å². The number of ether oxygens (including phenoxy) is 1. The SMILES string of the molecule is COc1ccc(C(=O)NC2CCN(S(C)(=O)=O)CC2)c(F)c1. The summed E-state index contributed by atoms with van der Waals surface area (Å²) >= 11 is 0. The largest absolute Gasteiger partial charge is 0.497 e. The van der Waals surface area contributed by atoms with Crippen molar-refractivity contribution in [3.8, 4) is 5.75 Å². The molecule has 0 radical (unpaired) electrons. The lowest BCUT2D eigenvalue weighted by Crippen LogP contribution is -2.46. The topological polar surface area (TPSA) is 75.7 Å². The van der Waals surface area contributed by atoms with Crippen LogP contribution in [0.1, 0.15) is 23.2 Å². The van der Waals surface area contributed by atoms with Crippen molar-refractivity contribution >= 4 is 15.9 Å². The number of methoxy groups -OCH3 is 1. The third kappa shape index (κ3) is 3.95. The first kappa shape index (κ1) is 16.7. The highest BCUT2D eigenvalue weighted by Gasteiger charge is 2.26. The molecule has 0 unspecified atom stereocenters. The molecule has 1 fully saturated rings. The van der Waals surface area contributed by atoms with Crippen LogP contribution in [0.5, 0.6) is 5.75 Å². The Hall–Kier alpha value is -1.67. The average Bonchev–Trinajstić information content (AvgIpc) is 2.46. The fraction of sp³-hybridized carbons (Fsp3) is 0.500. The molecule has 1 saturated heterocycles. The van der Waals surface area contributed by atoms with Crippen LogP contribution in [0.15, 0.2) is 18.2 Å². The van der Waals surface area contributed by atoms with E-state index in [1.54, 1.807) is 0 Å². The number of halogens is 1. The van der Waals surface area contributed by atoms with E-state index >= 15 is 0 Å². The van der Waals surface area contributed by atoms with Crippen LogP contribution in [0.25, 0.3) is 0 Å². The summed E-state index contributed by atoms with van der Waals surface area (Å²) < 4.78 is 42.9. The van der Waals surface area contributed by atoms with Gasteiger partial charge in [0.1, 0.15) is 11.6 Å². The highest BCUT2D eigenvalue weighted by atomic mass is 32.2. The van der Waals surface area contributed by atoms with E-state index in [0.717, 1.165) is 6.07 Å². The molecule has 122 valence electrons. The van der Waals surface area contributed by atoms with Gasteiger partial charge in [-0.05, 0) is 25.0 Å². The monoisotopic (exact) mass is 330 g/mol. The number of nitrogens with one attached hydrogen (secondary N) is 1. The van der Waals surface area contributed by atoms with Crippen LogP contribution in [-0.2, 0) is 10.0 Å². The average molecular weight is 330 g/mol. The minimum Gasteiger partial charge on any atom is -0.497 e. The fourth-order valence-corrected chi connectivity index (χ4v) is 3.28. The van der Waals surface area contributed by atoms with Gasteiger partial charge in [0.25, 0.3) is 5.91 Å². The summed E-state index contributed by atoms with van der Waals surface area (Å²) in [6, 6.07) is 3.88. The smallest absolute Gasteiger partial charge is 0.254 e. The molecule has 8 heteroatoms. The maximum absolute atomic E-state index is 13.8. The maximum atomic E-state index is 13.8. The summed E-state index contributed by atoms with van der Waals surface area (Å²) in [7, 11) is -1.78. The first-order chi connectivity index (χ1) is 10.3. The van der Waals surface area contributed by atoms with Gasteiger partial charge in [0.15, 0.2) is 0 Å². The molecule has 0 spiro atoms. The van der Waals surface area contributed by atoms with Crippen LogP contribution in [0.4, 0.5) is 4.39 Å². The second kappa shape index (κ2) is 6.62. The zero-order chi connectivity index (χ0) is 16.3. The Morgan fingerprint density at radius 1 is 1.36 bits per heavy atom. The Kier molecular flexibility index (Phi) is 5.02. The molecule has 1 aromatic carbocycles. The minimum atomic E-state index is -3.20. The summed E-state index contributed by atoms with van der Waals surface area (Å²) in [5.41, 5.74) is -0.0497. The molecule has 22 heavy (non-hydrogen) atoms. The van der Waals surface area contributed by atoms with Gasteiger partial charge in [-0.2, -0.15) is 0 Å². The number of carbonyl (C=O) groups excluding carboxylic acids is 1. The van der Waals surface area contributed by atoms with E-state index in [9.17, 15) is 17.6 Å². The molecule has 0 saturated carbocycles. The maximum Gasteiger partial charge on any atom is 0.254 e. The number of carbonyl (C=O) groups is 1. The number of nitrogens with zero attached hydrogens (tertiary/aromatic N) is 1. The molecule has 0 bridgehead atoms. The molecule has 0 aliphatic carbocycles. The Labute approximate surface area is 129 Å². The normalized spacial score (nSPS) is 17.2. The Balaban J connectivity index is 1.96. The molecule has 6 nitrogen and oxygen atoms in total. The molecule has 0 aromatic heterocycles. The summed E-state index contributed by atoms with van der Waals surface area (Å²) in [6.07, 6.45) is 2.19. The van der Waals surface area contributed by atoms with Crippen LogP contribution < -0.4 is 10.1 Å². The third-order valence-electron chi connectivity index (χ3n) is 3.68. The molecule has 1 aliphatic heterocycles. The van der Waals surface area contributed by atoms with Gasteiger partial charge in [-0.1, -0.05) is 0 Å². The van der Waals surface area contributed by atoms with E-state index < -0.39 is 21.7 Å². The Morgan fingerprint density at radius 3 is 2.50 bits per heavy atom. The van der Waals surface area contributed by atoms with Crippen molar-refractivity contribution in [3.63, 3.8) is 0 Å². The second-order valence-electron chi connectivity index (χ2n) is 5.26. The first-order valence-corrected chi connectivity index (χ1v) is 8.75. The van der Waals surface area contributed by atoms with Crippen LogP contribution in [-0.4, -0.2) is 51.1 Å². The predicted octanol–water partition coefficient (Wildman–Crippen LogP) is 0.988. The highest BCUT2D eigenvalue weighted by molar-refractivity contribution is 7.88. The zero-order valence-electron chi connectivity index (χ0n) is 12.5. The van der Waals surface area contributed by atoms with E-state index in [2.05, 4.69) is 5.32 Å². The molecule has 1 N–H and O–H groups in total. The summed E-state index contributed by atoms with van der Waals surface area (Å²) in [4.78, 5) is 12.1. The minimum absolute atomic E-state index is 0.0497. The zero-order valence-corrected chi connectivity index (χ0v) is 13.3. The van der Waals surface area contributed by atoms with Crippen molar-refractivity contribution in [2.45, 2.75) is 18.9 Å². The van der Waals surface area contributed by atoms with Gasteiger partial charge < -0.3 is 10.1 Å². The number of benzene rings is 1. The van der Waals surface area contributed by atoms with E-state index in [1.807, 2.05) is 0 Å². The quantitative estimate of drug-likeness (QED) is 0.893. The second-order valence-corrected chi connectivity index (χ2v) is 7.24. The molecule has 0 atom stereocenters. The van der Waals surface area contributed by atoms with Crippen molar-refractivity contribution in [3.05, 3.63) is 29.6 Å². The van der Waals surface area contributed by atoms with Crippen molar-refractivity contribution in [1.82, 2.24) is 9.62 Å². The molecule has 2 rings (SSSR count). The molecular formula is C14H19FN2O4S. The number of hydrogen-bond donors (Lipinski definition) is 1. The van der Waals surface area contributed by atoms with Gasteiger partial charge in [0.05, 0.1) is 18.9 Å². The first-order valence-electron chi connectivity index (χ1n) is 6.91. The summed E-state index contributed by atoms with van der Waals surface area (Å²) in [5.74, 6) is -0.807. The molecule has 1 heterocycles. The van der Waals surface area contributed by atoms with E-state index in [0.29, 0.717) is 31.7 Å². The fourth-order valence-electron chi connectivity index (χ4n) is 2.40. The molecule has 1 aromatic rings. The van der Waals surface area contributed by atoms with Crippen LogP contribution in [0.2, 0.25) is 0 Å². The van der Waals surface area contributed by atoms with Gasteiger partial charge in [0, 0.05) is 25.2 Å². The number of hydrogen-bond acceptors (Lipinski definition) is 4. The lowest BCUT2D eigenvalue weighted by molar-refractivity contribution is 0.0920. The van der Waals surface area contributed by atoms with Gasteiger partial charge in [0.2, 0.25) is 10.0 Å². The molecular weight excluding hydrogens is 311 g/mol.